The van der Waals surface area contributed by atoms with E-state index >= 15 is 0 Å². The summed E-state index contributed by atoms with van der Waals surface area (Å²) in [6.07, 6.45) is 8.93. The highest BCUT2D eigenvalue weighted by molar-refractivity contribution is 7.13. The lowest BCUT2D eigenvalue weighted by atomic mass is 10.0. The lowest BCUT2D eigenvalue weighted by Gasteiger charge is -2.32. The largest absolute Gasteiger partial charge is 0.464 e. The number of likely N-dealkylation sites (tertiary alicyclic amines) is 1. The minimum atomic E-state index is -0.339. The molecule has 8 heteroatoms. The van der Waals surface area contributed by atoms with Gasteiger partial charge in [0.15, 0.2) is 0 Å². The lowest BCUT2D eigenvalue weighted by Crippen LogP contribution is -2.38. The van der Waals surface area contributed by atoms with Gasteiger partial charge in [0.25, 0.3) is 0 Å². The van der Waals surface area contributed by atoms with E-state index in [0.29, 0.717) is 18.8 Å². The number of carbonyl (C=O) groups is 2. The zero-order valence-corrected chi connectivity index (χ0v) is 20.2. The second-order valence-electron chi connectivity index (χ2n) is 8.37. The Labute approximate surface area is 207 Å². The summed E-state index contributed by atoms with van der Waals surface area (Å²) in [5.74, 6) is -0.359. The average Bonchev–Trinajstić information content (AvgIpc) is 3.68. The highest BCUT2D eigenvalue weighted by atomic mass is 32.1. The molecule has 3 aromatic heterocycles. The Balaban J connectivity index is 1.29. The predicted molar refractivity (Wildman–Crippen MR) is 137 cm³/mol. The minimum Gasteiger partial charge on any atom is -0.464 e. The second kappa shape index (κ2) is 10.1. The molecule has 4 aromatic rings. The van der Waals surface area contributed by atoms with Crippen LogP contribution in [0.4, 0.5) is 0 Å². The van der Waals surface area contributed by atoms with E-state index in [1.54, 1.807) is 23.5 Å². The van der Waals surface area contributed by atoms with Crippen molar-refractivity contribution in [3.05, 3.63) is 89.7 Å². The zero-order valence-electron chi connectivity index (χ0n) is 19.4. The molecule has 1 fully saturated rings. The summed E-state index contributed by atoms with van der Waals surface area (Å²) in [6, 6.07) is 17.8. The van der Waals surface area contributed by atoms with Crippen LogP contribution < -0.4 is 0 Å². The number of ether oxygens (including phenoxy) is 1. The summed E-state index contributed by atoms with van der Waals surface area (Å²) in [6.45, 7) is 1.27. The molecule has 1 aromatic carbocycles. The molecule has 1 aliphatic rings. The Morgan fingerprint density at radius 3 is 2.57 bits per heavy atom. The quantitative estimate of drug-likeness (QED) is 0.282. The summed E-state index contributed by atoms with van der Waals surface area (Å²) in [4.78, 5) is 27.9. The van der Waals surface area contributed by atoms with Gasteiger partial charge in [0.2, 0.25) is 5.91 Å². The van der Waals surface area contributed by atoms with Gasteiger partial charge in [-0.2, -0.15) is 5.10 Å². The number of carbonyl (C=O) groups excluding carboxylic acids is 2. The van der Waals surface area contributed by atoms with Gasteiger partial charge in [-0.05, 0) is 54.6 Å². The topological polar surface area (TPSA) is 69.4 Å². The number of benzene rings is 1. The van der Waals surface area contributed by atoms with Gasteiger partial charge in [-0.25, -0.2) is 9.48 Å². The molecular formula is C27H26N4O3S. The van der Waals surface area contributed by atoms with Gasteiger partial charge in [0.1, 0.15) is 11.4 Å². The normalized spacial score (nSPS) is 14.5. The number of nitrogens with zero attached hydrogens (tertiary/aromatic N) is 4. The van der Waals surface area contributed by atoms with Crippen LogP contribution in [-0.4, -0.2) is 51.3 Å². The van der Waals surface area contributed by atoms with Crippen LogP contribution >= 0.6 is 11.3 Å². The molecule has 1 amide bonds. The van der Waals surface area contributed by atoms with Crippen molar-refractivity contribution in [3.8, 4) is 16.3 Å². The Bertz CT molecular complexity index is 1330. The molecular weight excluding hydrogens is 460 g/mol. The van der Waals surface area contributed by atoms with Gasteiger partial charge < -0.3 is 14.2 Å². The van der Waals surface area contributed by atoms with Gasteiger partial charge in [-0.1, -0.05) is 24.3 Å². The summed E-state index contributed by atoms with van der Waals surface area (Å²) in [5, 5.41) is 6.82. The third-order valence-electron chi connectivity index (χ3n) is 6.27. The van der Waals surface area contributed by atoms with Crippen molar-refractivity contribution in [3.63, 3.8) is 0 Å². The second-order valence-corrected chi connectivity index (χ2v) is 9.32. The van der Waals surface area contributed by atoms with Crippen LogP contribution in [0.5, 0.6) is 0 Å². The predicted octanol–water partition coefficient (Wildman–Crippen LogP) is 5.07. The molecule has 0 bridgehead atoms. The molecule has 0 saturated carbocycles. The molecule has 1 saturated heterocycles. The molecule has 0 radical (unpaired) electrons. The van der Waals surface area contributed by atoms with Crippen LogP contribution in [0.25, 0.3) is 22.3 Å². The molecule has 0 unspecified atom stereocenters. The standard InChI is InChI=1S/C27H26N4O3S/c1-34-27(33)23-9-5-15-30(23)21-13-16-29(17-14-21)25(32)12-11-20-19-31(22-7-3-2-4-8-22)28-26(20)24-10-6-18-35-24/h2-12,15,18-19,21H,13-14,16-17H2,1H3. The first-order chi connectivity index (χ1) is 17.1. The van der Waals surface area contributed by atoms with Crippen LogP contribution in [0, 0.1) is 0 Å². The first-order valence-corrected chi connectivity index (χ1v) is 12.4. The van der Waals surface area contributed by atoms with Gasteiger partial charge in [0.05, 0.1) is 17.7 Å². The summed E-state index contributed by atoms with van der Waals surface area (Å²) >= 11 is 1.62. The van der Waals surface area contributed by atoms with Crippen LogP contribution in [0.1, 0.15) is 34.9 Å². The molecule has 178 valence electrons. The van der Waals surface area contributed by atoms with Crippen LogP contribution in [-0.2, 0) is 9.53 Å². The van der Waals surface area contributed by atoms with Crippen molar-refractivity contribution < 1.29 is 14.3 Å². The number of thiophene rings is 1. The fourth-order valence-electron chi connectivity index (χ4n) is 4.45. The number of hydrogen-bond donors (Lipinski definition) is 0. The third kappa shape index (κ3) is 4.83. The number of rotatable bonds is 6. The smallest absolute Gasteiger partial charge is 0.354 e. The molecule has 35 heavy (non-hydrogen) atoms. The van der Waals surface area contributed by atoms with Gasteiger partial charge in [-0.3, -0.25) is 4.79 Å². The third-order valence-corrected chi connectivity index (χ3v) is 7.14. The molecule has 1 aliphatic heterocycles. The number of amides is 1. The van der Waals surface area contributed by atoms with Crippen molar-refractivity contribution in [2.24, 2.45) is 0 Å². The van der Waals surface area contributed by atoms with Crippen molar-refractivity contribution in [1.29, 1.82) is 0 Å². The molecule has 0 spiro atoms. The van der Waals surface area contributed by atoms with Crippen molar-refractivity contribution >= 4 is 29.3 Å². The van der Waals surface area contributed by atoms with E-state index in [1.807, 2.05) is 86.5 Å². The number of hydrogen-bond acceptors (Lipinski definition) is 5. The molecule has 0 N–H and O–H groups in total. The van der Waals surface area contributed by atoms with Gasteiger partial charge in [0, 0.05) is 43.2 Å². The maximum atomic E-state index is 13.0. The SMILES string of the molecule is COC(=O)c1cccn1C1CCN(C(=O)C=Cc2cn(-c3ccccc3)nc2-c2cccs2)CC1. The van der Waals surface area contributed by atoms with E-state index in [-0.39, 0.29) is 17.9 Å². The van der Waals surface area contributed by atoms with Crippen molar-refractivity contribution in [2.45, 2.75) is 18.9 Å². The fraction of sp³-hybridized carbons (Fsp3) is 0.222. The molecule has 0 atom stereocenters. The van der Waals surface area contributed by atoms with E-state index in [1.165, 1.54) is 7.11 Å². The molecule has 7 nitrogen and oxygen atoms in total. The number of methoxy groups -OCH3 is 1. The van der Waals surface area contributed by atoms with Crippen LogP contribution in [0.2, 0.25) is 0 Å². The van der Waals surface area contributed by atoms with Crippen molar-refractivity contribution in [1.82, 2.24) is 19.2 Å². The van der Waals surface area contributed by atoms with Crippen LogP contribution in [0.3, 0.4) is 0 Å². The maximum absolute atomic E-state index is 13.0. The van der Waals surface area contributed by atoms with Gasteiger partial charge >= 0.3 is 5.97 Å². The van der Waals surface area contributed by atoms with Gasteiger partial charge in [-0.15, -0.1) is 11.3 Å². The first kappa shape index (κ1) is 22.9. The lowest BCUT2D eigenvalue weighted by molar-refractivity contribution is -0.127. The van der Waals surface area contributed by atoms with E-state index in [9.17, 15) is 9.59 Å². The zero-order chi connectivity index (χ0) is 24.2. The number of esters is 1. The number of piperidine rings is 1. The fourth-order valence-corrected chi connectivity index (χ4v) is 5.18. The summed E-state index contributed by atoms with van der Waals surface area (Å²) < 4.78 is 8.70. The highest BCUT2D eigenvalue weighted by Gasteiger charge is 2.25. The van der Waals surface area contributed by atoms with E-state index < -0.39 is 0 Å². The van der Waals surface area contributed by atoms with Crippen LogP contribution in [0.15, 0.2) is 78.4 Å². The summed E-state index contributed by atoms with van der Waals surface area (Å²) in [7, 11) is 1.39. The Morgan fingerprint density at radius 2 is 1.86 bits per heavy atom. The summed E-state index contributed by atoms with van der Waals surface area (Å²) in [5.41, 5.74) is 3.27. The van der Waals surface area contributed by atoms with E-state index in [4.69, 9.17) is 9.84 Å². The molecule has 4 heterocycles. The maximum Gasteiger partial charge on any atom is 0.354 e. The Morgan fingerprint density at radius 1 is 1.06 bits per heavy atom. The number of para-hydroxylation sites is 1. The Hall–Kier alpha value is -3.91. The first-order valence-electron chi connectivity index (χ1n) is 11.5. The van der Waals surface area contributed by atoms with E-state index in [2.05, 4.69) is 0 Å². The molecule has 5 rings (SSSR count). The Kier molecular flexibility index (Phi) is 6.63. The molecule has 0 aliphatic carbocycles. The monoisotopic (exact) mass is 486 g/mol. The average molecular weight is 487 g/mol. The van der Waals surface area contributed by atoms with E-state index in [0.717, 1.165) is 34.7 Å². The number of aromatic nitrogens is 3. The highest BCUT2D eigenvalue weighted by Crippen LogP contribution is 2.29. The van der Waals surface area contributed by atoms with Crippen molar-refractivity contribution in [2.75, 3.05) is 20.2 Å². The minimum absolute atomic E-state index is 0.0197.